The molecule has 0 spiro atoms. The lowest BCUT2D eigenvalue weighted by molar-refractivity contribution is -0.141. The highest BCUT2D eigenvalue weighted by atomic mass is 19.4. The van der Waals surface area contributed by atoms with Crippen LogP contribution in [0.2, 0.25) is 0 Å². The first kappa shape index (κ1) is 24.2. The molecule has 0 bridgehead atoms. The molecule has 0 saturated carbocycles. The maximum atomic E-state index is 13.6. The van der Waals surface area contributed by atoms with E-state index in [-0.39, 0.29) is 23.2 Å². The lowest BCUT2D eigenvalue weighted by Crippen LogP contribution is -2.51. The summed E-state index contributed by atoms with van der Waals surface area (Å²) in [5.74, 6) is 0.274. The van der Waals surface area contributed by atoms with E-state index in [4.69, 9.17) is 0 Å². The predicted molar refractivity (Wildman–Crippen MR) is 131 cm³/mol. The molecule has 2 aliphatic heterocycles. The van der Waals surface area contributed by atoms with E-state index in [0.717, 1.165) is 34.9 Å². The minimum absolute atomic E-state index is 0.0974. The van der Waals surface area contributed by atoms with Crippen molar-refractivity contribution in [3.63, 3.8) is 0 Å². The summed E-state index contributed by atoms with van der Waals surface area (Å²) in [6.07, 6.45) is -1.37. The Hall–Kier alpha value is -3.49. The average Bonchev–Trinajstić information content (AvgIpc) is 3.30. The maximum absolute atomic E-state index is 13.6. The summed E-state index contributed by atoms with van der Waals surface area (Å²) in [6, 6.07) is 11.4. The zero-order chi connectivity index (χ0) is 25.9. The van der Waals surface area contributed by atoms with Gasteiger partial charge < -0.3 is 10.2 Å². The molecule has 6 nitrogen and oxygen atoms in total. The number of nitrogens with zero attached hydrogens (tertiary/aromatic N) is 4. The number of fused-ring (bicyclic) bond motifs is 1. The third-order valence-corrected chi connectivity index (χ3v) is 7.40. The number of ketones is 1. The van der Waals surface area contributed by atoms with Crippen molar-refractivity contribution in [3.8, 4) is 0 Å². The third kappa shape index (κ3) is 3.81. The second-order valence-corrected chi connectivity index (χ2v) is 10.4. The zero-order valence-corrected chi connectivity index (χ0v) is 20.6. The summed E-state index contributed by atoms with van der Waals surface area (Å²) in [6.45, 7) is 6.22. The van der Waals surface area contributed by atoms with Gasteiger partial charge in [-0.05, 0) is 48.1 Å². The quantitative estimate of drug-likeness (QED) is 0.530. The Labute approximate surface area is 208 Å². The molecule has 36 heavy (non-hydrogen) atoms. The van der Waals surface area contributed by atoms with Gasteiger partial charge >= 0.3 is 6.18 Å². The number of pyridine rings is 1. The second kappa shape index (κ2) is 8.28. The Bertz CT molecular complexity index is 1330. The number of alkyl halides is 3. The van der Waals surface area contributed by atoms with Gasteiger partial charge in [-0.1, -0.05) is 39.0 Å². The molecule has 1 aromatic carbocycles. The van der Waals surface area contributed by atoms with Crippen LogP contribution in [-0.4, -0.2) is 24.0 Å². The Balaban J connectivity index is 1.64. The second-order valence-electron chi connectivity index (χ2n) is 10.4. The molecule has 0 radical (unpaired) electrons. The van der Waals surface area contributed by atoms with Crippen LogP contribution in [0.4, 0.5) is 24.7 Å². The van der Waals surface area contributed by atoms with Gasteiger partial charge in [0.2, 0.25) is 0 Å². The third-order valence-electron chi connectivity index (χ3n) is 7.40. The normalized spacial score (nSPS) is 24.7. The van der Waals surface area contributed by atoms with Crippen LogP contribution in [0.5, 0.6) is 0 Å². The van der Waals surface area contributed by atoms with E-state index >= 15 is 0 Å². The van der Waals surface area contributed by atoms with Crippen LogP contribution in [-0.2, 0) is 16.4 Å². The fourth-order valence-corrected chi connectivity index (χ4v) is 5.77. The number of carbonyl (C=O) groups is 1. The number of benzene rings is 1. The van der Waals surface area contributed by atoms with Crippen molar-refractivity contribution >= 4 is 17.3 Å². The van der Waals surface area contributed by atoms with Gasteiger partial charge in [-0.25, -0.2) is 4.98 Å². The summed E-state index contributed by atoms with van der Waals surface area (Å²) in [5, 5.41) is 12.0. The van der Waals surface area contributed by atoms with E-state index in [1.165, 1.54) is 6.07 Å². The molecule has 1 N–H and O–H groups in total. The Morgan fingerprint density at radius 2 is 1.89 bits per heavy atom. The molecule has 9 heteroatoms. The van der Waals surface area contributed by atoms with Crippen LogP contribution in [0, 0.1) is 5.41 Å². The van der Waals surface area contributed by atoms with Gasteiger partial charge in [0.1, 0.15) is 11.5 Å². The summed E-state index contributed by atoms with van der Waals surface area (Å²) in [7, 11) is 1.68. The van der Waals surface area contributed by atoms with Gasteiger partial charge in [-0.15, -0.1) is 0 Å². The van der Waals surface area contributed by atoms with Crippen LogP contribution >= 0.6 is 0 Å². The molecule has 188 valence electrons. The van der Waals surface area contributed by atoms with Crippen molar-refractivity contribution in [3.05, 3.63) is 76.8 Å². The molecule has 2 aromatic rings. The Morgan fingerprint density at radius 3 is 2.61 bits per heavy atom. The Morgan fingerprint density at radius 1 is 1.14 bits per heavy atom. The summed E-state index contributed by atoms with van der Waals surface area (Å²) >= 11 is 0. The molecule has 1 aliphatic carbocycles. The van der Waals surface area contributed by atoms with Gasteiger partial charge in [0.25, 0.3) is 0 Å². The topological polar surface area (TPSA) is 70.0 Å². The molecule has 5 rings (SSSR count). The molecule has 0 saturated heterocycles. The van der Waals surface area contributed by atoms with Crippen LogP contribution in [0.25, 0.3) is 0 Å². The molecule has 3 heterocycles. The number of aromatic nitrogens is 1. The molecule has 0 fully saturated rings. The lowest BCUT2D eigenvalue weighted by atomic mass is 9.59. The number of Topliss-reactive ketones (excluding diaryl/α,β-unsaturated/α-hetero) is 1. The SMILES string of the molecule is CC[C@@]1(c2cccc(N(C)c3cccc(C(F)(F)F)n3)c2)C2=CN=NC2NC2=C1C(=O)CC(C)(C)C2. The van der Waals surface area contributed by atoms with Crippen molar-refractivity contribution in [1.29, 1.82) is 0 Å². The van der Waals surface area contributed by atoms with E-state index < -0.39 is 17.3 Å². The molecular weight excluding hydrogens is 467 g/mol. The smallest absolute Gasteiger partial charge is 0.362 e. The Kier molecular flexibility index (Phi) is 5.57. The van der Waals surface area contributed by atoms with E-state index in [2.05, 4.69) is 34.4 Å². The number of hydrogen-bond donors (Lipinski definition) is 1. The van der Waals surface area contributed by atoms with E-state index in [9.17, 15) is 18.0 Å². The van der Waals surface area contributed by atoms with Crippen molar-refractivity contribution in [2.75, 3.05) is 11.9 Å². The molecule has 2 atom stereocenters. The van der Waals surface area contributed by atoms with Gasteiger partial charge in [-0.3, -0.25) is 4.79 Å². The van der Waals surface area contributed by atoms with Gasteiger partial charge in [0.15, 0.2) is 11.9 Å². The first-order chi connectivity index (χ1) is 17.0. The highest BCUT2D eigenvalue weighted by molar-refractivity contribution is 6.01. The fourth-order valence-electron chi connectivity index (χ4n) is 5.77. The van der Waals surface area contributed by atoms with Crippen LogP contribution < -0.4 is 10.2 Å². The summed E-state index contributed by atoms with van der Waals surface area (Å²) in [4.78, 5) is 19.1. The monoisotopic (exact) mass is 495 g/mol. The number of halogens is 3. The highest BCUT2D eigenvalue weighted by Crippen LogP contribution is 2.54. The number of carbonyl (C=O) groups excluding carboxylic acids is 1. The predicted octanol–water partition coefficient (Wildman–Crippen LogP) is 6.44. The molecular formula is C27H28F3N5O. The molecule has 3 aliphatic rings. The van der Waals surface area contributed by atoms with Crippen molar-refractivity contribution in [2.24, 2.45) is 15.6 Å². The number of nitrogens with one attached hydrogen (secondary N) is 1. The van der Waals surface area contributed by atoms with Crippen molar-refractivity contribution < 1.29 is 18.0 Å². The zero-order valence-electron chi connectivity index (χ0n) is 20.6. The standard InChI is InChI=1S/C27H28F3N5O/c1-5-26(18-15-31-34-24(18)32-19-13-25(2,3)14-20(36)23(19)26)16-8-6-9-17(12-16)35(4)22-11-7-10-21(33-22)27(28,29)30/h6-12,15,24,32H,5,13-14H2,1-4H3/t24?,26-/m1/s1. The molecule has 1 unspecified atom stereocenters. The summed E-state index contributed by atoms with van der Waals surface area (Å²) in [5.41, 5.74) is 2.26. The number of azo groups is 1. The average molecular weight is 496 g/mol. The molecule has 1 aromatic heterocycles. The van der Waals surface area contributed by atoms with Gasteiger partial charge in [0.05, 0.1) is 11.6 Å². The van der Waals surface area contributed by atoms with E-state index in [1.807, 2.05) is 31.2 Å². The van der Waals surface area contributed by atoms with Crippen molar-refractivity contribution in [1.82, 2.24) is 10.3 Å². The summed E-state index contributed by atoms with van der Waals surface area (Å²) < 4.78 is 39.8. The largest absolute Gasteiger partial charge is 0.433 e. The maximum Gasteiger partial charge on any atom is 0.433 e. The lowest BCUT2D eigenvalue weighted by Gasteiger charge is -2.48. The first-order valence-electron chi connectivity index (χ1n) is 12.0. The minimum Gasteiger partial charge on any atom is -0.362 e. The van der Waals surface area contributed by atoms with Crippen LogP contribution in [0.3, 0.4) is 0 Å². The van der Waals surface area contributed by atoms with Crippen LogP contribution in [0.1, 0.15) is 51.3 Å². The fraction of sp³-hybridized carbons (Fsp3) is 0.407. The van der Waals surface area contributed by atoms with Gasteiger partial charge in [0, 0.05) is 36.0 Å². The highest BCUT2D eigenvalue weighted by Gasteiger charge is 2.53. The van der Waals surface area contributed by atoms with E-state index in [0.29, 0.717) is 18.5 Å². The number of allylic oxidation sites excluding steroid dienone is 2. The molecule has 0 amide bonds. The number of rotatable bonds is 4. The number of anilines is 2. The van der Waals surface area contributed by atoms with Crippen LogP contribution in [0.15, 0.2) is 75.7 Å². The van der Waals surface area contributed by atoms with Crippen molar-refractivity contribution in [2.45, 2.75) is 57.8 Å². The first-order valence-corrected chi connectivity index (χ1v) is 12.0. The minimum atomic E-state index is -4.53. The number of hydrogen-bond acceptors (Lipinski definition) is 6. The van der Waals surface area contributed by atoms with Gasteiger partial charge in [-0.2, -0.15) is 23.4 Å². The van der Waals surface area contributed by atoms with E-state index in [1.54, 1.807) is 24.2 Å².